The fourth-order valence-corrected chi connectivity index (χ4v) is 3.13. The second-order valence-corrected chi connectivity index (χ2v) is 5.59. The van der Waals surface area contributed by atoms with E-state index in [9.17, 15) is 19.8 Å². The monoisotopic (exact) mass is 323 g/mol. The molecule has 7 heteroatoms. The summed E-state index contributed by atoms with van der Waals surface area (Å²) in [5, 5.41) is 20.2. The Hall–Kier alpha value is -2.28. The van der Waals surface area contributed by atoms with Gasteiger partial charge in [-0.2, -0.15) is 0 Å². The van der Waals surface area contributed by atoms with E-state index >= 15 is 0 Å². The highest BCUT2D eigenvalue weighted by molar-refractivity contribution is 6.00. The number of ketones is 1. The summed E-state index contributed by atoms with van der Waals surface area (Å²) in [4.78, 5) is 25.5. The number of aliphatic hydroxyl groups is 1. The third kappa shape index (κ3) is 2.72. The van der Waals surface area contributed by atoms with Crippen LogP contribution in [0.3, 0.4) is 0 Å². The fourth-order valence-electron chi connectivity index (χ4n) is 3.13. The molecule has 0 aromatic heterocycles. The highest BCUT2D eigenvalue weighted by atomic mass is 16.5. The predicted octanol–water partition coefficient (Wildman–Crippen LogP) is 0.776. The van der Waals surface area contributed by atoms with Crippen LogP contribution < -0.4 is 9.47 Å². The molecule has 23 heavy (non-hydrogen) atoms. The van der Waals surface area contributed by atoms with E-state index < -0.39 is 11.8 Å². The molecule has 1 fully saturated rings. The number of amides is 1. The summed E-state index contributed by atoms with van der Waals surface area (Å²) in [6.07, 6.45) is 0. The second kappa shape index (κ2) is 6.45. The molecule has 126 valence electrons. The number of aromatic hydroxyl groups is 1. The molecule has 2 rings (SSSR count). The number of hydrogen-bond acceptors (Lipinski definition) is 6. The minimum Gasteiger partial charge on any atom is -0.507 e. The molecular weight excluding hydrogens is 302 g/mol. The number of phenolic OH excluding ortho intramolecular Hbond substituents is 1. The predicted molar refractivity (Wildman–Crippen MR) is 82.2 cm³/mol. The van der Waals surface area contributed by atoms with E-state index in [1.807, 2.05) is 0 Å². The van der Waals surface area contributed by atoms with Crippen LogP contribution in [0.25, 0.3) is 0 Å². The van der Waals surface area contributed by atoms with Crippen molar-refractivity contribution in [2.24, 2.45) is 5.92 Å². The zero-order chi connectivity index (χ0) is 17.3. The molecule has 0 aliphatic carbocycles. The van der Waals surface area contributed by atoms with Gasteiger partial charge in [-0.1, -0.05) is 0 Å². The number of likely N-dealkylation sites (tertiary alicyclic amines) is 1. The van der Waals surface area contributed by atoms with E-state index in [0.29, 0.717) is 17.9 Å². The van der Waals surface area contributed by atoms with Crippen LogP contribution in [-0.2, 0) is 4.79 Å². The van der Waals surface area contributed by atoms with E-state index in [1.54, 1.807) is 7.05 Å². The maximum Gasteiger partial charge on any atom is 0.228 e. The first kappa shape index (κ1) is 17.1. The number of benzene rings is 1. The SMILES string of the molecule is COc1cc(OC)c(C2CN(C)C(=O)C2CO)c(O)c1C(C)=O. The van der Waals surface area contributed by atoms with Crippen molar-refractivity contribution in [3.05, 3.63) is 17.2 Å². The van der Waals surface area contributed by atoms with Crippen LogP contribution in [0, 0.1) is 5.92 Å². The molecule has 2 atom stereocenters. The van der Waals surface area contributed by atoms with Gasteiger partial charge in [-0.15, -0.1) is 0 Å². The van der Waals surface area contributed by atoms with Crippen molar-refractivity contribution in [1.29, 1.82) is 0 Å². The lowest BCUT2D eigenvalue weighted by Gasteiger charge is -2.22. The number of aliphatic hydroxyl groups excluding tert-OH is 1. The van der Waals surface area contributed by atoms with Gasteiger partial charge in [0.05, 0.1) is 26.7 Å². The van der Waals surface area contributed by atoms with Crippen molar-refractivity contribution in [1.82, 2.24) is 4.90 Å². The van der Waals surface area contributed by atoms with Crippen LogP contribution in [-0.4, -0.2) is 61.2 Å². The number of likely N-dealkylation sites (N-methyl/N-ethyl adjacent to an activating group) is 1. The van der Waals surface area contributed by atoms with Crippen LogP contribution in [0.15, 0.2) is 6.07 Å². The maximum absolute atomic E-state index is 12.1. The van der Waals surface area contributed by atoms with E-state index in [2.05, 4.69) is 0 Å². The van der Waals surface area contributed by atoms with Gasteiger partial charge in [-0.3, -0.25) is 9.59 Å². The Morgan fingerprint density at radius 3 is 2.43 bits per heavy atom. The van der Waals surface area contributed by atoms with Crippen molar-refractivity contribution in [2.45, 2.75) is 12.8 Å². The smallest absolute Gasteiger partial charge is 0.228 e. The summed E-state index contributed by atoms with van der Waals surface area (Å²) in [6, 6.07) is 1.52. The van der Waals surface area contributed by atoms with Crippen LogP contribution in [0.4, 0.5) is 0 Å². The van der Waals surface area contributed by atoms with Gasteiger partial charge < -0.3 is 24.6 Å². The molecule has 0 bridgehead atoms. The molecule has 0 spiro atoms. The first-order valence-electron chi connectivity index (χ1n) is 7.21. The number of Topliss-reactive ketones (excluding diaryl/α,β-unsaturated/α-hetero) is 1. The summed E-state index contributed by atoms with van der Waals surface area (Å²) in [6.45, 7) is 1.29. The van der Waals surface area contributed by atoms with Gasteiger partial charge in [0.2, 0.25) is 5.91 Å². The molecule has 0 radical (unpaired) electrons. The van der Waals surface area contributed by atoms with E-state index in [4.69, 9.17) is 9.47 Å². The number of methoxy groups -OCH3 is 2. The van der Waals surface area contributed by atoms with Crippen molar-refractivity contribution >= 4 is 11.7 Å². The largest absolute Gasteiger partial charge is 0.507 e. The Bertz CT molecular complexity index is 642. The number of phenols is 1. The molecule has 7 nitrogen and oxygen atoms in total. The normalized spacial score (nSPS) is 20.7. The summed E-state index contributed by atoms with van der Waals surface area (Å²) in [5.41, 5.74) is 0.386. The quantitative estimate of drug-likeness (QED) is 0.777. The van der Waals surface area contributed by atoms with Gasteiger partial charge in [0.25, 0.3) is 0 Å². The maximum atomic E-state index is 12.1. The minimum atomic E-state index is -0.687. The Balaban J connectivity index is 2.68. The van der Waals surface area contributed by atoms with Gasteiger partial charge in [0.15, 0.2) is 5.78 Å². The second-order valence-electron chi connectivity index (χ2n) is 5.59. The zero-order valence-corrected chi connectivity index (χ0v) is 13.6. The molecule has 1 heterocycles. The topological polar surface area (TPSA) is 96.3 Å². The lowest BCUT2D eigenvalue weighted by atomic mass is 9.86. The number of hydrogen-bond donors (Lipinski definition) is 2. The molecule has 0 saturated carbocycles. The van der Waals surface area contributed by atoms with E-state index in [0.717, 1.165) is 0 Å². The summed E-state index contributed by atoms with van der Waals surface area (Å²) in [7, 11) is 4.45. The number of carbonyl (C=O) groups excluding carboxylic acids is 2. The molecule has 1 aliphatic rings. The average molecular weight is 323 g/mol. The Kier molecular flexibility index (Phi) is 4.79. The van der Waals surface area contributed by atoms with E-state index in [1.165, 1.54) is 32.1 Å². The number of carbonyl (C=O) groups is 2. The number of rotatable bonds is 5. The standard InChI is InChI=1S/C16H21NO6/c1-8(19)13-11(22-3)5-12(23-4)14(15(13)20)9-6-17(2)16(21)10(9)7-18/h5,9-10,18,20H,6-7H2,1-4H3. The number of nitrogens with zero attached hydrogens (tertiary/aromatic N) is 1. The zero-order valence-electron chi connectivity index (χ0n) is 13.6. The molecule has 1 aromatic carbocycles. The molecule has 2 unspecified atom stereocenters. The fraction of sp³-hybridized carbons (Fsp3) is 0.500. The highest BCUT2D eigenvalue weighted by Gasteiger charge is 2.42. The van der Waals surface area contributed by atoms with Crippen LogP contribution >= 0.6 is 0 Å². The van der Waals surface area contributed by atoms with Gasteiger partial charge in [-0.05, 0) is 6.92 Å². The summed E-state index contributed by atoms with van der Waals surface area (Å²) >= 11 is 0. The lowest BCUT2D eigenvalue weighted by Crippen LogP contribution is -2.24. The Morgan fingerprint density at radius 2 is 1.96 bits per heavy atom. The first-order valence-corrected chi connectivity index (χ1v) is 7.21. The van der Waals surface area contributed by atoms with Crippen LogP contribution in [0.5, 0.6) is 17.2 Å². The van der Waals surface area contributed by atoms with E-state index in [-0.39, 0.29) is 35.4 Å². The Morgan fingerprint density at radius 1 is 1.35 bits per heavy atom. The third-order valence-corrected chi connectivity index (χ3v) is 4.28. The van der Waals surface area contributed by atoms with Crippen LogP contribution in [0.2, 0.25) is 0 Å². The van der Waals surface area contributed by atoms with Crippen molar-refractivity contribution < 1.29 is 29.3 Å². The van der Waals surface area contributed by atoms with Gasteiger partial charge in [-0.25, -0.2) is 0 Å². The molecule has 1 aliphatic heterocycles. The van der Waals surface area contributed by atoms with Gasteiger partial charge in [0.1, 0.15) is 22.8 Å². The molecule has 1 saturated heterocycles. The summed E-state index contributed by atoms with van der Waals surface area (Å²) < 4.78 is 10.5. The van der Waals surface area contributed by atoms with Crippen molar-refractivity contribution in [2.75, 3.05) is 34.4 Å². The van der Waals surface area contributed by atoms with Crippen molar-refractivity contribution in [3.8, 4) is 17.2 Å². The van der Waals surface area contributed by atoms with Crippen LogP contribution in [0.1, 0.15) is 28.8 Å². The third-order valence-electron chi connectivity index (χ3n) is 4.28. The minimum absolute atomic E-state index is 0.0435. The lowest BCUT2D eigenvalue weighted by molar-refractivity contribution is -0.130. The molecule has 1 amide bonds. The number of ether oxygens (including phenoxy) is 2. The molecular formula is C16H21NO6. The highest BCUT2D eigenvalue weighted by Crippen LogP contribution is 2.47. The average Bonchev–Trinajstić information content (AvgIpc) is 2.80. The first-order chi connectivity index (χ1) is 10.9. The summed E-state index contributed by atoms with van der Waals surface area (Å²) in [5.74, 6) is -1.48. The molecule has 2 N–H and O–H groups in total. The van der Waals surface area contributed by atoms with Gasteiger partial charge in [0, 0.05) is 31.1 Å². The van der Waals surface area contributed by atoms with Crippen molar-refractivity contribution in [3.63, 3.8) is 0 Å². The Labute approximate surface area is 134 Å². The molecule has 1 aromatic rings. The van der Waals surface area contributed by atoms with Gasteiger partial charge >= 0.3 is 0 Å².